The number of rotatable bonds is 8. The molecule has 2 aliphatic rings. The van der Waals surface area contributed by atoms with Gasteiger partial charge in [0.05, 0.1) is 49.3 Å². The van der Waals surface area contributed by atoms with Crippen molar-refractivity contribution in [2.45, 2.75) is 51.6 Å². The number of nitriles is 1. The van der Waals surface area contributed by atoms with E-state index in [4.69, 9.17) is 17.3 Å². The molecule has 12 heteroatoms. The van der Waals surface area contributed by atoms with E-state index in [0.29, 0.717) is 41.2 Å². The lowest BCUT2D eigenvalue weighted by Crippen LogP contribution is -2.63. The van der Waals surface area contributed by atoms with Crippen LogP contribution in [-0.2, 0) is 4.79 Å². The molecule has 1 fully saturated rings. The van der Waals surface area contributed by atoms with Crippen molar-refractivity contribution in [3.8, 4) is 6.07 Å². The van der Waals surface area contributed by atoms with Crippen molar-refractivity contribution >= 4 is 61.3 Å². The number of halogens is 1. The van der Waals surface area contributed by atoms with E-state index >= 15 is 0 Å². The van der Waals surface area contributed by atoms with Crippen molar-refractivity contribution in [1.29, 1.82) is 5.26 Å². The molecule has 216 valence electrons. The minimum atomic E-state index is -0.769. The van der Waals surface area contributed by atoms with E-state index in [1.54, 1.807) is 22.5 Å². The van der Waals surface area contributed by atoms with Crippen LogP contribution in [0.15, 0.2) is 53.9 Å². The number of nitrogens with two attached hydrogens (primary N) is 1. The number of nitrogens with zero attached hydrogens (tertiary/aromatic N) is 4. The van der Waals surface area contributed by atoms with Crippen LogP contribution in [0.2, 0.25) is 5.02 Å². The van der Waals surface area contributed by atoms with Crippen molar-refractivity contribution in [1.82, 2.24) is 25.9 Å². The van der Waals surface area contributed by atoms with Gasteiger partial charge < -0.3 is 21.8 Å². The minimum Gasteiger partial charge on any atom is -0.383 e. The first-order valence-electron chi connectivity index (χ1n) is 13.8. The first-order chi connectivity index (χ1) is 20.1. The van der Waals surface area contributed by atoms with E-state index < -0.39 is 5.54 Å². The number of pyridine rings is 1. The molecular formula is C30H32ClN9OS. The quantitative estimate of drug-likeness (QED) is 0.175. The molecule has 1 aliphatic heterocycles. The van der Waals surface area contributed by atoms with Gasteiger partial charge in [-0.2, -0.15) is 5.26 Å². The number of thiazole rings is 1. The van der Waals surface area contributed by atoms with E-state index in [9.17, 15) is 10.1 Å². The third-order valence-corrected chi connectivity index (χ3v) is 9.03. The molecule has 2 aromatic heterocycles. The summed E-state index contributed by atoms with van der Waals surface area (Å²) in [5.41, 5.74) is 18.5. The molecule has 0 unspecified atom stereocenters. The van der Waals surface area contributed by atoms with E-state index in [1.165, 1.54) is 0 Å². The Morgan fingerprint density at radius 3 is 2.81 bits per heavy atom. The molecule has 0 bridgehead atoms. The third-order valence-electron chi connectivity index (χ3n) is 7.85. The van der Waals surface area contributed by atoms with Crippen molar-refractivity contribution in [3.63, 3.8) is 0 Å². The fourth-order valence-corrected chi connectivity index (χ4v) is 6.52. The van der Waals surface area contributed by atoms with Crippen molar-refractivity contribution in [2.24, 2.45) is 11.1 Å². The van der Waals surface area contributed by atoms with Crippen LogP contribution in [-0.4, -0.2) is 33.0 Å². The second kappa shape index (κ2) is 10.6. The number of fused-ring (bicyclic) bond motifs is 2. The molecular weight excluding hydrogens is 570 g/mol. The maximum Gasteiger partial charge on any atom is 0.244 e. The zero-order chi connectivity index (χ0) is 29.6. The van der Waals surface area contributed by atoms with E-state index in [-0.39, 0.29) is 17.4 Å². The highest BCUT2D eigenvalue weighted by Gasteiger charge is 2.49. The van der Waals surface area contributed by atoms with Crippen LogP contribution in [0.5, 0.6) is 0 Å². The molecule has 1 aliphatic carbocycles. The second-order valence-electron chi connectivity index (χ2n) is 12.0. The summed E-state index contributed by atoms with van der Waals surface area (Å²) in [4.78, 5) is 21.5. The van der Waals surface area contributed by atoms with Crippen molar-refractivity contribution in [3.05, 3.63) is 70.1 Å². The Balaban J connectivity index is 1.45. The van der Waals surface area contributed by atoms with Gasteiger partial charge in [0, 0.05) is 30.0 Å². The molecule has 42 heavy (non-hydrogen) atoms. The van der Waals surface area contributed by atoms with Gasteiger partial charge in [0.25, 0.3) is 0 Å². The van der Waals surface area contributed by atoms with Gasteiger partial charge in [-0.25, -0.2) is 4.98 Å². The second-order valence-corrected chi connectivity index (χ2v) is 13.3. The van der Waals surface area contributed by atoms with Gasteiger partial charge in [-0.15, -0.1) is 16.9 Å². The highest BCUT2D eigenvalue weighted by molar-refractivity contribution is 7.17. The largest absolute Gasteiger partial charge is 0.383 e. The molecule has 6 rings (SSSR count). The molecule has 0 spiro atoms. The summed E-state index contributed by atoms with van der Waals surface area (Å²) >= 11 is 8.37. The van der Waals surface area contributed by atoms with Crippen molar-refractivity contribution in [2.75, 3.05) is 17.2 Å². The predicted molar refractivity (Wildman–Crippen MR) is 167 cm³/mol. The lowest BCUT2D eigenvalue weighted by Gasteiger charge is -2.44. The Bertz CT molecular complexity index is 1770. The number of hydrogen-bond acceptors (Lipinski definition) is 10. The number of carbonyl (C=O) groups excluding carboxylic acids is 1. The minimum absolute atomic E-state index is 0.0112. The van der Waals surface area contributed by atoms with Crippen LogP contribution >= 0.6 is 22.9 Å². The first-order valence-corrected chi connectivity index (χ1v) is 15.0. The van der Waals surface area contributed by atoms with Gasteiger partial charge >= 0.3 is 0 Å². The number of amides is 1. The number of aromatic nitrogens is 2. The summed E-state index contributed by atoms with van der Waals surface area (Å²) in [6.45, 7) is 7.05. The number of hydrogen-bond donors (Lipinski definition) is 5. The monoisotopic (exact) mass is 601 g/mol. The highest BCUT2D eigenvalue weighted by atomic mass is 35.5. The average Bonchev–Trinajstić information content (AvgIpc) is 3.59. The maximum atomic E-state index is 12.4. The Kier molecular flexibility index (Phi) is 7.09. The van der Waals surface area contributed by atoms with E-state index in [1.807, 2.05) is 36.0 Å². The van der Waals surface area contributed by atoms with Crippen LogP contribution in [0.4, 0.5) is 11.4 Å². The predicted octanol–water partition coefficient (Wildman–Crippen LogP) is 5.55. The molecule has 10 nitrogen and oxygen atoms in total. The fourth-order valence-electron chi connectivity index (χ4n) is 5.42. The van der Waals surface area contributed by atoms with E-state index in [2.05, 4.69) is 64.5 Å². The molecule has 0 radical (unpaired) electrons. The lowest BCUT2D eigenvalue weighted by atomic mass is 9.75. The van der Waals surface area contributed by atoms with Gasteiger partial charge in [0.1, 0.15) is 11.6 Å². The molecule has 6 N–H and O–H groups in total. The molecule has 4 aromatic rings. The number of carbonyl (C=O) groups is 1. The summed E-state index contributed by atoms with van der Waals surface area (Å²) in [5, 5.41) is 20.0. The fraction of sp³-hybridized carbons (Fsp3) is 0.333. The van der Waals surface area contributed by atoms with E-state index in [0.717, 1.165) is 39.0 Å². The highest BCUT2D eigenvalue weighted by Crippen LogP contribution is 2.41. The Morgan fingerprint density at radius 1 is 1.31 bits per heavy atom. The van der Waals surface area contributed by atoms with Gasteiger partial charge in [-0.3, -0.25) is 14.8 Å². The lowest BCUT2D eigenvalue weighted by molar-refractivity contribution is -0.136. The van der Waals surface area contributed by atoms with Crippen LogP contribution in [0.25, 0.3) is 21.1 Å². The Hall–Kier alpha value is -4.11. The molecule has 0 saturated heterocycles. The summed E-state index contributed by atoms with van der Waals surface area (Å²) < 4.78 is 1.04. The van der Waals surface area contributed by atoms with Gasteiger partial charge in [0.15, 0.2) is 0 Å². The number of hydrazine groups is 2. The van der Waals surface area contributed by atoms with Gasteiger partial charge in [0.2, 0.25) is 5.91 Å². The van der Waals surface area contributed by atoms with Gasteiger partial charge in [-0.05, 0) is 48.4 Å². The van der Waals surface area contributed by atoms with Crippen LogP contribution in [0.3, 0.4) is 0 Å². The summed E-state index contributed by atoms with van der Waals surface area (Å²) in [6.07, 6.45) is 5.77. The molecule has 1 saturated carbocycles. The normalized spacial score (nSPS) is 16.8. The third kappa shape index (κ3) is 4.96. The van der Waals surface area contributed by atoms with Crippen LogP contribution < -0.4 is 27.3 Å². The number of primary amides is 1. The van der Waals surface area contributed by atoms with Crippen LogP contribution in [0.1, 0.15) is 57.2 Å². The van der Waals surface area contributed by atoms with Crippen LogP contribution in [0, 0.1) is 16.7 Å². The standard InChI is InChI=1S/C30H32ClN9OS/c1-29(2,3)15-35-24-17(12-32)13-34-25-20(24)10-18(11-21(25)31)37-26(19-6-4-7-22-27(19)42-16-36-22)23-14-40(39-38-23)30(28(33)41)8-5-9-30/h4,6-7,10-11,13-14,16,26,37-39H,5,8-9,15H2,1-3H3,(H2,33,41)(H,34,35)/t26-/m0/s1. The number of nitrogens with one attached hydrogen (secondary N) is 4. The first kappa shape index (κ1) is 28.0. The zero-order valence-corrected chi connectivity index (χ0v) is 25.2. The Labute approximate surface area is 252 Å². The average molecular weight is 602 g/mol. The number of benzene rings is 2. The maximum absolute atomic E-state index is 12.4. The molecule has 2 aromatic carbocycles. The summed E-state index contributed by atoms with van der Waals surface area (Å²) in [5.74, 6) is -0.355. The smallest absolute Gasteiger partial charge is 0.244 e. The zero-order valence-electron chi connectivity index (χ0n) is 23.6. The summed E-state index contributed by atoms with van der Waals surface area (Å²) in [7, 11) is 0. The van der Waals surface area contributed by atoms with Gasteiger partial charge in [-0.1, -0.05) is 44.5 Å². The molecule has 1 amide bonds. The SMILES string of the molecule is CC(C)(C)CNc1c(C#N)cnc2c(Cl)cc(N[C@H](C3=CN(C4(C(N)=O)CCC4)NN3)c3cccc4ncsc34)cc12. The molecule has 3 heterocycles. The Morgan fingerprint density at radius 2 is 2.12 bits per heavy atom. The number of anilines is 2. The molecule has 1 atom stereocenters. The van der Waals surface area contributed by atoms with Crippen molar-refractivity contribution < 1.29 is 4.79 Å². The topological polar surface area (TPSA) is 144 Å². The summed E-state index contributed by atoms with van der Waals surface area (Å²) in [6, 6.07) is 11.7.